The average Bonchev–Trinajstić information content (AvgIpc) is 3.45. The lowest BCUT2D eigenvalue weighted by Crippen LogP contribution is -2.08. The van der Waals surface area contributed by atoms with Crippen molar-refractivity contribution in [1.82, 2.24) is 24.1 Å². The average molecular weight is 489 g/mol. The van der Waals surface area contributed by atoms with Crippen LogP contribution in [0.4, 0.5) is 0 Å². The molecular weight excluding hydrogens is 470 g/mol. The molecule has 29 heavy (non-hydrogen) atoms. The molecule has 0 aliphatic heterocycles. The zero-order valence-corrected chi connectivity index (χ0v) is 18.8. The molecule has 5 nitrogen and oxygen atoms in total. The normalized spacial score (nSPS) is 14.8. The molecule has 1 fully saturated rings. The van der Waals surface area contributed by atoms with E-state index in [1.807, 2.05) is 47.0 Å². The van der Waals surface area contributed by atoms with Crippen LogP contribution in [0.1, 0.15) is 37.4 Å². The summed E-state index contributed by atoms with van der Waals surface area (Å²) in [6.45, 7) is 0. The van der Waals surface area contributed by atoms with E-state index in [1.54, 1.807) is 11.8 Å². The van der Waals surface area contributed by atoms with Crippen LogP contribution in [-0.4, -0.2) is 24.1 Å². The van der Waals surface area contributed by atoms with Gasteiger partial charge in [0, 0.05) is 34.2 Å². The standard InChI is InChI=1S/C21H19BrClN5S/c22-14-9-10-19-24-15(12-27(19)11-14)13-29-21-26-25-20(17-7-3-4-8-18(17)23)28(21)16-5-1-2-6-16/h3-4,7-12,16H,1-2,5-6,13H2. The van der Waals surface area contributed by atoms with Gasteiger partial charge >= 0.3 is 0 Å². The van der Waals surface area contributed by atoms with Gasteiger partial charge in [-0.2, -0.15) is 0 Å². The fourth-order valence-electron chi connectivity index (χ4n) is 3.92. The Morgan fingerprint density at radius 2 is 1.90 bits per heavy atom. The maximum Gasteiger partial charge on any atom is 0.192 e. The van der Waals surface area contributed by atoms with Crippen molar-refractivity contribution in [2.75, 3.05) is 0 Å². The molecule has 1 aromatic carbocycles. The number of fused-ring (bicyclic) bond motifs is 1. The number of pyridine rings is 1. The smallest absolute Gasteiger partial charge is 0.192 e. The van der Waals surface area contributed by atoms with Gasteiger partial charge in [0.05, 0.1) is 10.7 Å². The van der Waals surface area contributed by atoms with Crippen LogP contribution in [0, 0.1) is 0 Å². The van der Waals surface area contributed by atoms with Crippen molar-refractivity contribution in [1.29, 1.82) is 0 Å². The maximum absolute atomic E-state index is 6.47. The fourth-order valence-corrected chi connectivity index (χ4v) is 5.38. The number of aromatic nitrogens is 5. The molecule has 3 aromatic heterocycles. The van der Waals surface area contributed by atoms with Gasteiger partial charge in [0.2, 0.25) is 0 Å². The molecule has 3 heterocycles. The molecule has 1 aliphatic carbocycles. The second-order valence-electron chi connectivity index (χ2n) is 7.23. The Morgan fingerprint density at radius 1 is 1.07 bits per heavy atom. The molecule has 5 rings (SSSR count). The molecule has 0 unspecified atom stereocenters. The van der Waals surface area contributed by atoms with Gasteiger partial charge in [-0.25, -0.2) is 4.98 Å². The highest BCUT2D eigenvalue weighted by atomic mass is 79.9. The van der Waals surface area contributed by atoms with Crippen molar-refractivity contribution >= 4 is 44.9 Å². The van der Waals surface area contributed by atoms with Crippen molar-refractivity contribution in [3.05, 3.63) is 64.0 Å². The summed E-state index contributed by atoms with van der Waals surface area (Å²) in [5, 5.41) is 10.7. The van der Waals surface area contributed by atoms with Crippen LogP contribution in [0.25, 0.3) is 17.0 Å². The Hall–Kier alpha value is -1.83. The molecule has 0 saturated heterocycles. The molecule has 8 heteroatoms. The third-order valence-corrected chi connectivity index (χ3v) is 7.06. The topological polar surface area (TPSA) is 48.0 Å². The largest absolute Gasteiger partial charge is 0.306 e. The van der Waals surface area contributed by atoms with Crippen LogP contribution in [-0.2, 0) is 5.75 Å². The lowest BCUT2D eigenvalue weighted by Gasteiger charge is -2.17. The second-order valence-corrected chi connectivity index (χ2v) is 9.49. The summed E-state index contributed by atoms with van der Waals surface area (Å²) in [6.07, 6.45) is 8.90. The molecule has 0 amide bonds. The third kappa shape index (κ3) is 3.83. The summed E-state index contributed by atoms with van der Waals surface area (Å²) in [7, 11) is 0. The highest BCUT2D eigenvalue weighted by molar-refractivity contribution is 9.10. The van der Waals surface area contributed by atoms with E-state index in [0.717, 1.165) is 51.0 Å². The van der Waals surface area contributed by atoms with Crippen LogP contribution >= 0.6 is 39.3 Å². The number of hydrogen-bond acceptors (Lipinski definition) is 4. The Kier molecular flexibility index (Phi) is 5.37. The first-order chi connectivity index (χ1) is 14.2. The first-order valence-electron chi connectivity index (χ1n) is 9.65. The van der Waals surface area contributed by atoms with E-state index in [2.05, 4.69) is 36.9 Å². The molecule has 1 saturated carbocycles. The molecular formula is C21H19BrClN5S. The predicted octanol–water partition coefficient (Wildman–Crippen LogP) is 6.42. The van der Waals surface area contributed by atoms with E-state index in [4.69, 9.17) is 16.6 Å². The number of nitrogens with zero attached hydrogens (tertiary/aromatic N) is 5. The number of benzene rings is 1. The van der Waals surface area contributed by atoms with Crippen LogP contribution in [0.5, 0.6) is 0 Å². The van der Waals surface area contributed by atoms with Crippen molar-refractivity contribution in [2.24, 2.45) is 0 Å². The van der Waals surface area contributed by atoms with Gasteiger partial charge in [-0.15, -0.1) is 10.2 Å². The SMILES string of the molecule is Clc1ccccc1-c1nnc(SCc2cn3cc(Br)ccc3n2)n1C1CCCC1. The number of thioether (sulfide) groups is 1. The molecule has 0 spiro atoms. The van der Waals surface area contributed by atoms with Crippen molar-refractivity contribution in [2.45, 2.75) is 42.6 Å². The molecule has 0 N–H and O–H groups in total. The van der Waals surface area contributed by atoms with Crippen LogP contribution < -0.4 is 0 Å². The van der Waals surface area contributed by atoms with E-state index < -0.39 is 0 Å². The highest BCUT2D eigenvalue weighted by Crippen LogP contribution is 2.38. The molecule has 0 radical (unpaired) electrons. The minimum absolute atomic E-state index is 0.427. The Labute approximate surface area is 186 Å². The van der Waals surface area contributed by atoms with Gasteiger partial charge in [-0.3, -0.25) is 4.57 Å². The maximum atomic E-state index is 6.47. The summed E-state index contributed by atoms with van der Waals surface area (Å²) in [5.74, 6) is 1.61. The number of rotatable bonds is 5. The van der Waals surface area contributed by atoms with Crippen molar-refractivity contribution in [3.8, 4) is 11.4 Å². The van der Waals surface area contributed by atoms with E-state index in [-0.39, 0.29) is 0 Å². The molecule has 148 valence electrons. The highest BCUT2D eigenvalue weighted by Gasteiger charge is 2.25. The Bertz CT molecular complexity index is 1170. The monoisotopic (exact) mass is 487 g/mol. The first kappa shape index (κ1) is 19.2. The van der Waals surface area contributed by atoms with E-state index in [0.29, 0.717) is 11.1 Å². The summed E-state index contributed by atoms with van der Waals surface area (Å²) < 4.78 is 5.37. The Morgan fingerprint density at radius 3 is 2.72 bits per heavy atom. The van der Waals surface area contributed by atoms with Gasteiger partial charge in [0.25, 0.3) is 0 Å². The molecule has 0 atom stereocenters. The van der Waals surface area contributed by atoms with Gasteiger partial charge < -0.3 is 4.40 Å². The molecule has 4 aromatic rings. The summed E-state index contributed by atoms with van der Waals surface area (Å²) >= 11 is 11.7. The van der Waals surface area contributed by atoms with Crippen LogP contribution in [0.15, 0.2) is 58.4 Å². The molecule has 1 aliphatic rings. The predicted molar refractivity (Wildman–Crippen MR) is 120 cm³/mol. The summed E-state index contributed by atoms with van der Waals surface area (Å²) in [5.41, 5.74) is 2.91. The van der Waals surface area contributed by atoms with Gasteiger partial charge in [-0.1, -0.05) is 48.3 Å². The van der Waals surface area contributed by atoms with Gasteiger partial charge in [-0.05, 0) is 53.0 Å². The van der Waals surface area contributed by atoms with Crippen molar-refractivity contribution in [3.63, 3.8) is 0 Å². The number of halogens is 2. The zero-order chi connectivity index (χ0) is 19.8. The van der Waals surface area contributed by atoms with Crippen LogP contribution in [0.2, 0.25) is 5.02 Å². The number of hydrogen-bond donors (Lipinski definition) is 0. The Balaban J connectivity index is 1.46. The minimum atomic E-state index is 0.427. The van der Waals surface area contributed by atoms with Crippen LogP contribution in [0.3, 0.4) is 0 Å². The number of imidazole rings is 1. The summed E-state index contributed by atoms with van der Waals surface area (Å²) in [6, 6.07) is 12.3. The third-order valence-electron chi connectivity index (χ3n) is 5.28. The molecule has 0 bridgehead atoms. The van der Waals surface area contributed by atoms with Gasteiger partial charge in [0.1, 0.15) is 5.65 Å². The van der Waals surface area contributed by atoms with E-state index in [1.165, 1.54) is 12.8 Å². The first-order valence-corrected chi connectivity index (χ1v) is 11.8. The second kappa shape index (κ2) is 8.13. The van der Waals surface area contributed by atoms with E-state index >= 15 is 0 Å². The van der Waals surface area contributed by atoms with Gasteiger partial charge in [0.15, 0.2) is 11.0 Å². The lowest BCUT2D eigenvalue weighted by atomic mass is 10.2. The van der Waals surface area contributed by atoms with E-state index in [9.17, 15) is 0 Å². The lowest BCUT2D eigenvalue weighted by molar-refractivity contribution is 0.485. The fraction of sp³-hybridized carbons (Fsp3) is 0.286. The minimum Gasteiger partial charge on any atom is -0.306 e. The quantitative estimate of drug-likeness (QED) is 0.304. The summed E-state index contributed by atoms with van der Waals surface area (Å²) in [4.78, 5) is 4.72. The van der Waals surface area contributed by atoms with Crippen molar-refractivity contribution < 1.29 is 0 Å². The zero-order valence-electron chi connectivity index (χ0n) is 15.6.